The van der Waals surface area contributed by atoms with E-state index in [2.05, 4.69) is 15.0 Å². The fourth-order valence-electron chi connectivity index (χ4n) is 7.63. The Morgan fingerprint density at radius 3 is 2.44 bits per heavy atom. The Bertz CT molecular complexity index is 1860. The fourth-order valence-corrected chi connectivity index (χ4v) is 9.94. The van der Waals surface area contributed by atoms with Crippen LogP contribution in [0.15, 0.2) is 41.3 Å². The first kappa shape index (κ1) is 36.8. The van der Waals surface area contributed by atoms with Crippen LogP contribution in [-0.2, 0) is 26.2 Å². The molecule has 2 aromatic carbocycles. The normalized spacial score (nSPS) is 19.1. The molecule has 3 aliphatic rings. The predicted octanol–water partition coefficient (Wildman–Crippen LogP) is 4.72. The third-order valence-corrected chi connectivity index (χ3v) is 12.9. The predicted molar refractivity (Wildman–Crippen MR) is 195 cm³/mol. The van der Waals surface area contributed by atoms with Crippen LogP contribution in [0.3, 0.4) is 0 Å². The molecule has 2 amide bonds. The maximum atomic E-state index is 14.1. The van der Waals surface area contributed by atoms with E-state index in [1.54, 1.807) is 15.9 Å². The Hall–Kier alpha value is -3.00. The molecular formula is C36H46Cl2N6O5S. The Morgan fingerprint density at radius 1 is 1.06 bits per heavy atom. The zero-order valence-corrected chi connectivity index (χ0v) is 31.0. The summed E-state index contributed by atoms with van der Waals surface area (Å²) < 4.78 is 37.0. The number of amides is 2. The minimum absolute atomic E-state index is 0.0703. The molecule has 3 heterocycles. The van der Waals surface area contributed by atoms with Crippen molar-refractivity contribution in [2.45, 2.75) is 81.9 Å². The first-order valence-corrected chi connectivity index (χ1v) is 19.7. The smallest absolute Gasteiger partial charge is 0.243 e. The second-order valence-electron chi connectivity index (χ2n) is 13.9. The second kappa shape index (κ2) is 15.3. The van der Waals surface area contributed by atoms with Crippen molar-refractivity contribution in [1.82, 2.24) is 24.8 Å². The number of hydrogen-bond acceptors (Lipinski definition) is 8. The number of pyridine rings is 1. The van der Waals surface area contributed by atoms with Crippen molar-refractivity contribution in [1.29, 1.82) is 0 Å². The summed E-state index contributed by atoms with van der Waals surface area (Å²) in [6, 6.07) is 9.90. The molecule has 270 valence electrons. The summed E-state index contributed by atoms with van der Waals surface area (Å²) in [5.41, 5.74) is 7.92. The van der Waals surface area contributed by atoms with Crippen molar-refractivity contribution in [3.8, 4) is 5.75 Å². The van der Waals surface area contributed by atoms with E-state index in [0.717, 1.165) is 42.6 Å². The second-order valence-corrected chi connectivity index (χ2v) is 16.3. The zero-order chi connectivity index (χ0) is 35.6. The lowest BCUT2D eigenvalue weighted by atomic mass is 9.91. The topological polar surface area (TPSA) is 147 Å². The van der Waals surface area contributed by atoms with Crippen LogP contribution >= 0.6 is 23.2 Å². The van der Waals surface area contributed by atoms with Gasteiger partial charge in [0.2, 0.25) is 21.8 Å². The van der Waals surface area contributed by atoms with Crippen LogP contribution in [0, 0.1) is 19.8 Å². The van der Waals surface area contributed by atoms with Crippen molar-refractivity contribution in [3.63, 3.8) is 0 Å². The summed E-state index contributed by atoms with van der Waals surface area (Å²) in [6.07, 6.45) is 4.80. The molecule has 14 heteroatoms. The number of ether oxygens (including phenoxy) is 1. The zero-order valence-electron chi connectivity index (χ0n) is 28.6. The van der Waals surface area contributed by atoms with Crippen LogP contribution in [-0.4, -0.2) is 85.9 Å². The van der Waals surface area contributed by atoms with Gasteiger partial charge in [0.1, 0.15) is 28.3 Å². The summed E-state index contributed by atoms with van der Waals surface area (Å²) >= 11 is 13.3. The summed E-state index contributed by atoms with van der Waals surface area (Å²) in [5, 5.41) is 4.47. The molecule has 0 spiro atoms. The fraction of sp³-hybridized carbons (Fsp3) is 0.528. The molecule has 0 unspecified atom stereocenters. The van der Waals surface area contributed by atoms with Crippen LogP contribution in [0.2, 0.25) is 10.0 Å². The Labute approximate surface area is 304 Å². The number of carbonyl (C=O) groups is 2. The number of fused-ring (bicyclic) bond motifs is 1. The van der Waals surface area contributed by atoms with Crippen LogP contribution in [0.25, 0.3) is 10.9 Å². The first-order chi connectivity index (χ1) is 23.9. The molecule has 1 aromatic heterocycles. The molecule has 0 radical (unpaired) electrons. The number of aromatic nitrogens is 1. The summed E-state index contributed by atoms with van der Waals surface area (Å²) in [6.45, 7) is 7.03. The van der Waals surface area contributed by atoms with Crippen molar-refractivity contribution < 1.29 is 22.7 Å². The summed E-state index contributed by atoms with van der Waals surface area (Å²) in [4.78, 5) is 35.1. The third-order valence-electron chi connectivity index (χ3n) is 10.4. The highest BCUT2D eigenvalue weighted by Gasteiger charge is 2.47. The molecule has 2 saturated heterocycles. The van der Waals surface area contributed by atoms with E-state index < -0.39 is 21.6 Å². The average Bonchev–Trinajstić information content (AvgIpc) is 3.56. The molecule has 50 heavy (non-hydrogen) atoms. The van der Waals surface area contributed by atoms with Gasteiger partial charge in [-0.3, -0.25) is 9.59 Å². The number of hydrogen-bond donors (Lipinski definition) is 3. The van der Waals surface area contributed by atoms with Gasteiger partial charge in [0.15, 0.2) is 0 Å². The number of nitrogens with one attached hydrogen (secondary N) is 2. The highest BCUT2D eigenvalue weighted by atomic mass is 35.5. The number of sulfonamides is 1. The van der Waals surface area contributed by atoms with Gasteiger partial charge in [-0.1, -0.05) is 48.2 Å². The number of rotatable bonds is 10. The molecule has 3 aromatic rings. The van der Waals surface area contributed by atoms with E-state index in [0.29, 0.717) is 81.0 Å². The van der Waals surface area contributed by atoms with E-state index in [9.17, 15) is 18.0 Å². The molecule has 0 bridgehead atoms. The number of halogens is 2. The van der Waals surface area contributed by atoms with Gasteiger partial charge in [-0.15, -0.1) is 0 Å². The Balaban J connectivity index is 1.14. The van der Waals surface area contributed by atoms with Crippen LogP contribution in [0.1, 0.15) is 61.8 Å². The lowest BCUT2D eigenvalue weighted by Crippen LogP contribution is -2.62. The van der Waals surface area contributed by atoms with E-state index in [4.69, 9.17) is 33.7 Å². The lowest BCUT2D eigenvalue weighted by Gasteiger charge is -2.40. The highest BCUT2D eigenvalue weighted by molar-refractivity contribution is 7.89. The van der Waals surface area contributed by atoms with Gasteiger partial charge in [0.05, 0.1) is 11.1 Å². The summed E-state index contributed by atoms with van der Waals surface area (Å²) in [7, 11) is -4.28. The molecule has 6 rings (SSSR count). The standard InChI is InChI=1S/C36H46Cl2N6O5S/c1-23-20-24(2)41-33-26(23)6-5-7-30(33)49-22-27-28(37)8-9-31(32(27)38)50(47,48)42-36(12-3-4-13-36)35(46)44-18-16-43(17-19-44)34(45)29(39)21-25-10-14-40-15-11-25/h5-9,20,25,29,40,42H,3-4,10-19,21-22,39H2,1-2H3/t29-/m1/s1. The molecular weight excluding hydrogens is 699 g/mol. The number of benzene rings is 2. The monoisotopic (exact) mass is 744 g/mol. The van der Waals surface area contributed by atoms with Gasteiger partial charge in [-0.2, -0.15) is 4.72 Å². The largest absolute Gasteiger partial charge is 0.487 e. The number of aryl methyl sites for hydroxylation is 2. The van der Waals surface area contributed by atoms with Crippen LogP contribution in [0.5, 0.6) is 5.75 Å². The van der Waals surface area contributed by atoms with Crippen LogP contribution in [0.4, 0.5) is 0 Å². The molecule has 2 aliphatic heterocycles. The van der Waals surface area contributed by atoms with E-state index in [-0.39, 0.29) is 33.4 Å². The lowest BCUT2D eigenvalue weighted by molar-refractivity contribution is -0.144. The maximum Gasteiger partial charge on any atom is 0.243 e. The number of carbonyl (C=O) groups excluding carboxylic acids is 2. The molecule has 1 saturated carbocycles. The van der Waals surface area contributed by atoms with Crippen LogP contribution < -0.4 is 20.5 Å². The summed E-state index contributed by atoms with van der Waals surface area (Å²) in [5.74, 6) is 0.577. The van der Waals surface area contributed by atoms with Crippen molar-refractivity contribution in [2.75, 3.05) is 39.3 Å². The minimum atomic E-state index is -4.28. The minimum Gasteiger partial charge on any atom is -0.487 e. The number of para-hydroxylation sites is 1. The van der Waals surface area contributed by atoms with Crippen molar-refractivity contribution in [3.05, 3.63) is 63.3 Å². The number of piperidine rings is 1. The SMILES string of the molecule is Cc1cc(C)c2cccc(OCc3c(Cl)ccc(S(=O)(=O)NC4(C(=O)N5CCN(C(=O)[C@H](N)CC6CCNCC6)CC5)CCCC4)c3Cl)c2n1. The van der Waals surface area contributed by atoms with Gasteiger partial charge in [-0.05, 0) is 94.8 Å². The molecule has 4 N–H and O–H groups in total. The van der Waals surface area contributed by atoms with Gasteiger partial charge >= 0.3 is 0 Å². The highest BCUT2D eigenvalue weighted by Crippen LogP contribution is 2.37. The van der Waals surface area contributed by atoms with Gasteiger partial charge in [-0.25, -0.2) is 13.4 Å². The van der Waals surface area contributed by atoms with Gasteiger partial charge < -0.3 is 25.6 Å². The van der Waals surface area contributed by atoms with E-state index in [1.165, 1.54) is 12.1 Å². The third kappa shape index (κ3) is 7.75. The Kier molecular flexibility index (Phi) is 11.3. The van der Waals surface area contributed by atoms with E-state index in [1.807, 2.05) is 32.0 Å². The average molecular weight is 746 g/mol. The molecule has 1 aliphatic carbocycles. The van der Waals surface area contributed by atoms with E-state index >= 15 is 0 Å². The quantitative estimate of drug-likeness (QED) is 0.271. The maximum absolute atomic E-state index is 14.1. The number of nitrogens with zero attached hydrogens (tertiary/aromatic N) is 3. The molecule has 11 nitrogen and oxygen atoms in total. The Morgan fingerprint density at radius 2 is 1.74 bits per heavy atom. The molecule has 1 atom stereocenters. The van der Waals surface area contributed by atoms with Gasteiger partial charge in [0, 0.05) is 47.8 Å². The van der Waals surface area contributed by atoms with Gasteiger partial charge in [0.25, 0.3) is 0 Å². The first-order valence-electron chi connectivity index (χ1n) is 17.4. The molecule has 3 fully saturated rings. The van der Waals surface area contributed by atoms with Crippen molar-refractivity contribution in [2.24, 2.45) is 11.7 Å². The van der Waals surface area contributed by atoms with Crippen molar-refractivity contribution >= 4 is 55.9 Å². The number of piperazine rings is 1. The number of nitrogens with two attached hydrogens (primary N) is 1.